The molecule has 2 saturated heterocycles. The van der Waals surface area contributed by atoms with E-state index in [9.17, 15) is 14.4 Å². The molecule has 7 heteroatoms. The highest BCUT2D eigenvalue weighted by atomic mass is 16.2. The van der Waals surface area contributed by atoms with Gasteiger partial charge in [0.2, 0.25) is 5.91 Å². The van der Waals surface area contributed by atoms with Gasteiger partial charge in [0, 0.05) is 49.0 Å². The Morgan fingerprint density at radius 1 is 0.727 bits per heavy atom. The molecule has 7 nitrogen and oxygen atoms in total. The van der Waals surface area contributed by atoms with Gasteiger partial charge in [-0.05, 0) is 68.0 Å². The maximum Gasteiger partial charge on any atom is 0.323 e. The number of carbonyl (C=O) groups excluding carboxylic acids is 3. The van der Waals surface area contributed by atoms with E-state index < -0.39 is 0 Å². The number of nitrogens with one attached hydrogen (secondary N) is 2. The number of nitrogens with zero attached hydrogens (tertiary/aromatic N) is 2. The third-order valence-corrected chi connectivity index (χ3v) is 6.65. The molecule has 2 aromatic carbocycles. The average molecular weight is 449 g/mol. The second-order valence-corrected chi connectivity index (χ2v) is 9.10. The minimum Gasteiger partial charge on any atom is -0.342 e. The summed E-state index contributed by atoms with van der Waals surface area (Å²) in [6.45, 7) is 5.16. The van der Waals surface area contributed by atoms with Crippen LogP contribution >= 0.6 is 0 Å². The molecule has 0 atom stereocenters. The smallest absolute Gasteiger partial charge is 0.323 e. The number of hydrogen-bond acceptors (Lipinski definition) is 3. The number of carbonyl (C=O) groups is 3. The molecule has 0 radical (unpaired) electrons. The van der Waals surface area contributed by atoms with E-state index in [1.165, 1.54) is 0 Å². The molecule has 0 saturated carbocycles. The number of urea groups is 1. The third-order valence-electron chi connectivity index (χ3n) is 6.65. The molecule has 174 valence electrons. The Balaban J connectivity index is 1.25. The number of para-hydroxylation sites is 1. The zero-order valence-electron chi connectivity index (χ0n) is 19.1. The van der Waals surface area contributed by atoms with Crippen LogP contribution in [-0.2, 0) is 4.79 Å². The van der Waals surface area contributed by atoms with E-state index in [0.29, 0.717) is 35.9 Å². The Bertz CT molecular complexity index is 961. The maximum atomic E-state index is 12.9. The fourth-order valence-corrected chi connectivity index (χ4v) is 4.51. The van der Waals surface area contributed by atoms with E-state index in [0.717, 1.165) is 38.8 Å². The lowest BCUT2D eigenvalue weighted by molar-refractivity contribution is -0.138. The molecule has 0 spiro atoms. The first-order chi connectivity index (χ1) is 16.0. The van der Waals surface area contributed by atoms with Crippen LogP contribution in [0.25, 0.3) is 0 Å². The highest BCUT2D eigenvalue weighted by molar-refractivity contribution is 6.00. The molecule has 2 N–H and O–H groups in total. The van der Waals surface area contributed by atoms with Crippen molar-refractivity contribution in [2.75, 3.05) is 36.8 Å². The Morgan fingerprint density at radius 2 is 1.27 bits per heavy atom. The van der Waals surface area contributed by atoms with E-state index in [1.54, 1.807) is 24.3 Å². The maximum absolute atomic E-state index is 12.9. The SMILES string of the molecule is CC1CCN(C(=O)C2CCN(C(=O)c3ccc(NC(=O)Nc4ccccc4)cc3)CC2)CC1. The predicted octanol–water partition coefficient (Wildman–Crippen LogP) is 4.44. The summed E-state index contributed by atoms with van der Waals surface area (Å²) in [4.78, 5) is 41.7. The summed E-state index contributed by atoms with van der Waals surface area (Å²) in [5, 5.41) is 5.53. The van der Waals surface area contributed by atoms with E-state index in [2.05, 4.69) is 17.6 Å². The van der Waals surface area contributed by atoms with Gasteiger partial charge in [-0.2, -0.15) is 0 Å². The Kier molecular flexibility index (Phi) is 7.27. The van der Waals surface area contributed by atoms with Crippen LogP contribution in [0.4, 0.5) is 16.2 Å². The minimum absolute atomic E-state index is 0.0251. The number of likely N-dealkylation sites (tertiary alicyclic amines) is 2. The normalized spacial score (nSPS) is 17.5. The van der Waals surface area contributed by atoms with Gasteiger partial charge < -0.3 is 20.4 Å². The van der Waals surface area contributed by atoms with Crippen LogP contribution in [0.1, 0.15) is 43.0 Å². The molecule has 4 amide bonds. The van der Waals surface area contributed by atoms with E-state index in [-0.39, 0.29) is 23.8 Å². The second kappa shape index (κ2) is 10.5. The van der Waals surface area contributed by atoms with Crippen LogP contribution in [-0.4, -0.2) is 53.8 Å². The van der Waals surface area contributed by atoms with Crippen LogP contribution in [0, 0.1) is 11.8 Å². The highest BCUT2D eigenvalue weighted by Crippen LogP contribution is 2.24. The molecule has 2 aliphatic rings. The molecule has 4 rings (SSSR count). The first-order valence-corrected chi connectivity index (χ1v) is 11.8. The standard InChI is InChI=1S/C26H32N4O3/c1-19-11-15-29(16-12-19)25(32)21-13-17-30(18-14-21)24(31)20-7-9-23(10-8-20)28-26(33)27-22-5-3-2-4-6-22/h2-10,19,21H,11-18H2,1H3,(H2,27,28,33). The number of anilines is 2. The molecule has 2 aromatic rings. The Hall–Kier alpha value is -3.35. The van der Waals surface area contributed by atoms with E-state index >= 15 is 0 Å². The van der Waals surface area contributed by atoms with Crippen molar-refractivity contribution in [3.05, 3.63) is 60.2 Å². The van der Waals surface area contributed by atoms with Gasteiger partial charge in [-0.15, -0.1) is 0 Å². The molecule has 0 aliphatic carbocycles. The predicted molar refractivity (Wildman–Crippen MR) is 129 cm³/mol. The summed E-state index contributed by atoms with van der Waals surface area (Å²) in [5.41, 5.74) is 1.90. The van der Waals surface area contributed by atoms with Crippen molar-refractivity contribution in [2.45, 2.75) is 32.6 Å². The first-order valence-electron chi connectivity index (χ1n) is 11.8. The largest absolute Gasteiger partial charge is 0.342 e. The summed E-state index contributed by atoms with van der Waals surface area (Å²) in [5.74, 6) is 0.955. The van der Waals surface area contributed by atoms with Crippen LogP contribution < -0.4 is 10.6 Å². The van der Waals surface area contributed by atoms with Crippen LogP contribution in [0.2, 0.25) is 0 Å². The van der Waals surface area contributed by atoms with Gasteiger partial charge in [0.25, 0.3) is 5.91 Å². The van der Waals surface area contributed by atoms with Gasteiger partial charge in [-0.25, -0.2) is 4.79 Å². The van der Waals surface area contributed by atoms with Crippen molar-refractivity contribution in [2.24, 2.45) is 11.8 Å². The molecule has 0 aromatic heterocycles. The molecule has 2 heterocycles. The van der Waals surface area contributed by atoms with Gasteiger partial charge >= 0.3 is 6.03 Å². The van der Waals surface area contributed by atoms with Crippen molar-refractivity contribution in [1.82, 2.24) is 9.80 Å². The molecule has 2 fully saturated rings. The number of benzene rings is 2. The van der Waals surface area contributed by atoms with Crippen molar-refractivity contribution in [1.29, 1.82) is 0 Å². The monoisotopic (exact) mass is 448 g/mol. The van der Waals surface area contributed by atoms with Gasteiger partial charge in [0.1, 0.15) is 0 Å². The summed E-state index contributed by atoms with van der Waals surface area (Å²) in [6, 6.07) is 15.8. The van der Waals surface area contributed by atoms with Crippen molar-refractivity contribution in [3.8, 4) is 0 Å². The van der Waals surface area contributed by atoms with Crippen LogP contribution in [0.3, 0.4) is 0 Å². The van der Waals surface area contributed by atoms with Gasteiger partial charge in [0.05, 0.1) is 0 Å². The zero-order chi connectivity index (χ0) is 23.2. The van der Waals surface area contributed by atoms with Crippen molar-refractivity contribution >= 4 is 29.2 Å². The fourth-order valence-electron chi connectivity index (χ4n) is 4.51. The lowest BCUT2D eigenvalue weighted by Gasteiger charge is -2.36. The topological polar surface area (TPSA) is 81.8 Å². The zero-order valence-corrected chi connectivity index (χ0v) is 19.1. The first kappa shape index (κ1) is 22.8. The number of rotatable bonds is 4. The van der Waals surface area contributed by atoms with Gasteiger partial charge in [-0.1, -0.05) is 25.1 Å². The third kappa shape index (κ3) is 5.92. The van der Waals surface area contributed by atoms with Crippen LogP contribution in [0.5, 0.6) is 0 Å². The molecule has 33 heavy (non-hydrogen) atoms. The lowest BCUT2D eigenvalue weighted by Crippen LogP contribution is -2.46. The van der Waals surface area contributed by atoms with Crippen molar-refractivity contribution < 1.29 is 14.4 Å². The quantitative estimate of drug-likeness (QED) is 0.725. The molecular formula is C26H32N4O3. The van der Waals surface area contributed by atoms with E-state index in [1.807, 2.05) is 40.1 Å². The minimum atomic E-state index is -0.338. The Morgan fingerprint density at radius 3 is 1.88 bits per heavy atom. The summed E-state index contributed by atoms with van der Waals surface area (Å²) < 4.78 is 0. The van der Waals surface area contributed by atoms with Gasteiger partial charge in [-0.3, -0.25) is 9.59 Å². The molecule has 0 unspecified atom stereocenters. The summed E-state index contributed by atoms with van der Waals surface area (Å²) >= 11 is 0. The van der Waals surface area contributed by atoms with Crippen LogP contribution in [0.15, 0.2) is 54.6 Å². The summed E-state index contributed by atoms with van der Waals surface area (Å²) in [6.07, 6.45) is 3.61. The molecule has 2 aliphatic heterocycles. The van der Waals surface area contributed by atoms with Gasteiger partial charge in [0.15, 0.2) is 0 Å². The number of piperidine rings is 2. The fraction of sp³-hybridized carbons (Fsp3) is 0.423. The average Bonchev–Trinajstić information content (AvgIpc) is 2.85. The number of amides is 4. The molecular weight excluding hydrogens is 416 g/mol. The Labute approximate surface area is 195 Å². The summed E-state index contributed by atoms with van der Waals surface area (Å²) in [7, 11) is 0. The number of hydrogen-bond donors (Lipinski definition) is 2. The highest BCUT2D eigenvalue weighted by Gasteiger charge is 2.31. The van der Waals surface area contributed by atoms with Crippen molar-refractivity contribution in [3.63, 3.8) is 0 Å². The second-order valence-electron chi connectivity index (χ2n) is 9.10. The lowest BCUT2D eigenvalue weighted by atomic mass is 9.92. The molecule has 0 bridgehead atoms. The van der Waals surface area contributed by atoms with E-state index in [4.69, 9.17) is 0 Å².